The Morgan fingerprint density at radius 1 is 1.05 bits per heavy atom. The molecular formula is C32H36N2O8. The second-order valence-electron chi connectivity index (χ2n) is 12.0. The van der Waals surface area contributed by atoms with E-state index in [4.69, 9.17) is 23.7 Å². The standard InChI is InChI=1S/C32H36N2O8/c1-7-16-15-34-22-13-19(16)32(30(37)41-6)25(34)14-31(20-12-18(35)8-9-21(20)33(2)27(22)31)29(32)42-28(36)17-10-23(38-3)26(40-5)24(11-17)39-4/h7-12,19,22,25,27,29,35H,13-15H2,1-6H3/b16-7-/t19-,22-,25-,27+,29-,31?,32?/m0/s1. The Morgan fingerprint density at radius 3 is 2.38 bits per heavy atom. The van der Waals surface area contributed by atoms with Gasteiger partial charge in [-0.15, -0.1) is 0 Å². The molecule has 5 fully saturated rings. The topological polar surface area (TPSA) is 107 Å². The maximum absolute atomic E-state index is 14.3. The van der Waals surface area contributed by atoms with Crippen LogP contribution in [0.25, 0.3) is 0 Å². The number of likely N-dealkylation sites (N-methyl/N-ethyl adjacent to an activating group) is 1. The van der Waals surface area contributed by atoms with Crippen LogP contribution in [0, 0.1) is 11.3 Å². The Balaban J connectivity index is 1.46. The first-order valence-corrected chi connectivity index (χ1v) is 14.3. The summed E-state index contributed by atoms with van der Waals surface area (Å²) in [5.74, 6) is 0.0369. The number of nitrogens with zero attached hydrogens (tertiary/aromatic N) is 2. The lowest BCUT2D eigenvalue weighted by Crippen LogP contribution is -2.71. The van der Waals surface area contributed by atoms with Crippen molar-refractivity contribution >= 4 is 17.6 Å². The van der Waals surface area contributed by atoms with Gasteiger partial charge in [-0.1, -0.05) is 11.6 Å². The number of esters is 2. The van der Waals surface area contributed by atoms with E-state index in [1.54, 1.807) is 24.3 Å². The molecule has 1 N–H and O–H groups in total. The molecule has 0 amide bonds. The summed E-state index contributed by atoms with van der Waals surface area (Å²) in [6.07, 6.45) is 2.59. The minimum Gasteiger partial charge on any atom is -0.508 e. The Bertz CT molecular complexity index is 1510. The number of rotatable bonds is 6. The zero-order valence-corrected chi connectivity index (χ0v) is 24.7. The summed E-state index contributed by atoms with van der Waals surface area (Å²) >= 11 is 0. The molecule has 5 heterocycles. The monoisotopic (exact) mass is 576 g/mol. The highest BCUT2D eigenvalue weighted by Gasteiger charge is 2.84. The van der Waals surface area contributed by atoms with Gasteiger partial charge < -0.3 is 33.7 Å². The second kappa shape index (κ2) is 9.04. The van der Waals surface area contributed by atoms with Crippen molar-refractivity contribution in [3.05, 3.63) is 53.1 Å². The van der Waals surface area contributed by atoms with Crippen molar-refractivity contribution in [2.45, 2.75) is 49.4 Å². The summed E-state index contributed by atoms with van der Waals surface area (Å²) in [6, 6.07) is 8.41. The summed E-state index contributed by atoms with van der Waals surface area (Å²) in [5.41, 5.74) is 1.40. The third-order valence-electron chi connectivity index (χ3n) is 10.9. The number of fused-ring (bicyclic) bond motifs is 2. The fourth-order valence-electron chi connectivity index (χ4n) is 9.54. The molecule has 8 rings (SSSR count). The van der Waals surface area contributed by atoms with Crippen LogP contribution in [0.15, 0.2) is 42.0 Å². The first kappa shape index (κ1) is 26.9. The second-order valence-corrected chi connectivity index (χ2v) is 12.0. The zero-order valence-electron chi connectivity index (χ0n) is 24.7. The van der Waals surface area contributed by atoms with E-state index in [0.717, 1.165) is 29.8 Å². The SMILES string of the molecule is C/C=C1/CN2[C@H]3CC45c6cc(O)ccc6N(C)[C@@H]4[C@@H]2C[C@@H]1C3(C(=O)OC)[C@H]5OC(=O)c1cc(OC)c(OC)c(OC)c1. The number of benzene rings is 2. The van der Waals surface area contributed by atoms with Gasteiger partial charge in [0.15, 0.2) is 11.5 Å². The molecule has 0 aromatic heterocycles. The van der Waals surface area contributed by atoms with Gasteiger partial charge in [0.05, 0.1) is 45.5 Å². The van der Waals surface area contributed by atoms with Gasteiger partial charge in [0.1, 0.15) is 17.3 Å². The van der Waals surface area contributed by atoms with Crippen molar-refractivity contribution < 1.29 is 38.4 Å². The highest BCUT2D eigenvalue weighted by atomic mass is 16.6. The summed E-state index contributed by atoms with van der Waals surface area (Å²) < 4.78 is 28.8. The van der Waals surface area contributed by atoms with Crippen molar-refractivity contribution in [2.24, 2.45) is 11.3 Å². The van der Waals surface area contributed by atoms with E-state index < -0.39 is 22.9 Å². The Kier molecular flexibility index (Phi) is 5.80. The van der Waals surface area contributed by atoms with E-state index in [2.05, 4.69) is 22.9 Å². The summed E-state index contributed by atoms with van der Waals surface area (Å²) in [5, 5.41) is 10.7. The van der Waals surface area contributed by atoms with Gasteiger partial charge in [0.25, 0.3) is 0 Å². The van der Waals surface area contributed by atoms with E-state index in [9.17, 15) is 14.7 Å². The molecule has 6 bridgehead atoms. The van der Waals surface area contributed by atoms with Gasteiger partial charge in [-0.25, -0.2) is 4.79 Å². The Hall–Kier alpha value is -3.92. The van der Waals surface area contributed by atoms with Gasteiger partial charge in [-0.2, -0.15) is 0 Å². The average molecular weight is 577 g/mol. The van der Waals surface area contributed by atoms with E-state index in [1.807, 2.05) is 13.0 Å². The number of carbonyl (C=O) groups excluding carboxylic acids is 2. The first-order chi connectivity index (χ1) is 20.2. The van der Waals surface area contributed by atoms with Crippen LogP contribution >= 0.6 is 0 Å². The molecule has 4 saturated heterocycles. The van der Waals surface area contributed by atoms with Gasteiger partial charge in [0.2, 0.25) is 5.75 Å². The number of aromatic hydroxyl groups is 1. The molecule has 5 aliphatic heterocycles. The molecule has 2 aromatic rings. The predicted octanol–water partition coefficient (Wildman–Crippen LogP) is 3.30. The minimum atomic E-state index is -1.12. The molecule has 42 heavy (non-hydrogen) atoms. The van der Waals surface area contributed by atoms with Crippen molar-refractivity contribution in [3.8, 4) is 23.0 Å². The number of piperidine rings is 4. The fourth-order valence-corrected chi connectivity index (χ4v) is 9.54. The highest BCUT2D eigenvalue weighted by Crippen LogP contribution is 2.73. The molecule has 1 saturated carbocycles. The molecule has 10 heteroatoms. The smallest absolute Gasteiger partial charge is 0.338 e. The van der Waals surface area contributed by atoms with Crippen molar-refractivity contribution in [1.82, 2.24) is 4.90 Å². The number of hydrogen-bond donors (Lipinski definition) is 1. The van der Waals surface area contributed by atoms with Crippen LogP contribution in [0.1, 0.15) is 35.7 Å². The zero-order chi connectivity index (χ0) is 29.7. The summed E-state index contributed by atoms with van der Waals surface area (Å²) in [6.45, 7) is 2.77. The maximum atomic E-state index is 14.3. The molecule has 1 aliphatic carbocycles. The molecule has 2 aromatic carbocycles. The van der Waals surface area contributed by atoms with Gasteiger partial charge in [-0.3, -0.25) is 9.69 Å². The average Bonchev–Trinajstić information content (AvgIpc) is 3.40. The molecular weight excluding hydrogens is 540 g/mol. The van der Waals surface area contributed by atoms with Crippen LogP contribution < -0.4 is 19.1 Å². The highest BCUT2D eigenvalue weighted by molar-refractivity contribution is 5.93. The van der Waals surface area contributed by atoms with Crippen molar-refractivity contribution in [1.29, 1.82) is 0 Å². The normalized spacial score (nSPS) is 35.6. The quantitative estimate of drug-likeness (QED) is 0.407. The van der Waals surface area contributed by atoms with Crippen molar-refractivity contribution in [2.75, 3.05) is 46.9 Å². The first-order valence-electron chi connectivity index (χ1n) is 14.3. The van der Waals surface area contributed by atoms with Crippen LogP contribution in [0.3, 0.4) is 0 Å². The third-order valence-corrected chi connectivity index (χ3v) is 10.9. The lowest BCUT2D eigenvalue weighted by molar-refractivity contribution is -0.180. The predicted molar refractivity (Wildman–Crippen MR) is 152 cm³/mol. The summed E-state index contributed by atoms with van der Waals surface area (Å²) in [4.78, 5) is 33.2. The van der Waals surface area contributed by atoms with Gasteiger partial charge >= 0.3 is 11.9 Å². The lowest BCUT2D eigenvalue weighted by atomic mass is 9.58. The van der Waals surface area contributed by atoms with Crippen LogP contribution in [-0.4, -0.2) is 88.2 Å². The molecule has 0 radical (unpaired) electrons. The summed E-state index contributed by atoms with van der Waals surface area (Å²) in [7, 11) is 7.96. The number of allylic oxidation sites excluding steroid dienone is 1. The number of carbonyl (C=O) groups is 2. The van der Waals surface area contributed by atoms with E-state index in [-0.39, 0.29) is 41.3 Å². The molecule has 10 nitrogen and oxygen atoms in total. The molecule has 1 spiro atoms. The molecule has 8 atom stereocenters. The number of ether oxygens (including phenoxy) is 5. The molecule has 6 aliphatic rings. The minimum absolute atomic E-state index is 0.0711. The molecule has 3 unspecified atom stereocenters. The maximum Gasteiger partial charge on any atom is 0.338 e. The largest absolute Gasteiger partial charge is 0.508 e. The van der Waals surface area contributed by atoms with E-state index >= 15 is 0 Å². The van der Waals surface area contributed by atoms with Crippen LogP contribution in [-0.2, 0) is 19.7 Å². The van der Waals surface area contributed by atoms with E-state index in [1.165, 1.54) is 28.4 Å². The van der Waals surface area contributed by atoms with E-state index in [0.29, 0.717) is 23.7 Å². The molecule has 222 valence electrons. The number of methoxy groups -OCH3 is 4. The van der Waals surface area contributed by atoms with Crippen LogP contribution in [0.5, 0.6) is 23.0 Å². The Labute approximate surface area is 244 Å². The third kappa shape index (κ3) is 2.98. The number of phenols is 1. The number of anilines is 1. The Morgan fingerprint density at radius 2 is 1.76 bits per heavy atom. The number of hydrogen-bond acceptors (Lipinski definition) is 10. The number of phenolic OH excluding ortho intramolecular Hbond substituents is 1. The lowest BCUT2D eigenvalue weighted by Gasteiger charge is -2.61. The van der Waals surface area contributed by atoms with Crippen molar-refractivity contribution in [3.63, 3.8) is 0 Å². The van der Waals surface area contributed by atoms with Crippen LogP contribution in [0.4, 0.5) is 5.69 Å². The van der Waals surface area contributed by atoms with Crippen LogP contribution in [0.2, 0.25) is 0 Å². The fraction of sp³-hybridized carbons (Fsp3) is 0.500. The van der Waals surface area contributed by atoms with Gasteiger partial charge in [-0.05, 0) is 55.7 Å². The van der Waals surface area contributed by atoms with Gasteiger partial charge in [0, 0.05) is 37.3 Å².